The largest absolute Gasteiger partial charge is 0.481 e. The lowest BCUT2D eigenvalue weighted by atomic mass is 9.97. The van der Waals surface area contributed by atoms with E-state index in [0.717, 1.165) is 52.6 Å². The minimum absolute atomic E-state index is 0.0320. The number of hydrogen-bond acceptors (Lipinski definition) is 8. The number of hydrogen-bond donors (Lipinski definition) is 4. The summed E-state index contributed by atoms with van der Waals surface area (Å²) in [6.07, 6.45) is 4.44. The molecule has 1 amide bonds. The standard InChI is InChI=1S/C39H42N2O8S/c42-24-26-13-15-28(16-14-26)34-22-31(25-50-37-33(38(46)47)10-7-21-40-37)48-39(49-34)29-19-17-27(18-20-29)32-9-6-5-8-30(32)23-41-35(43)11-3-1-2-4-12-36(44)45/h5-10,13-21,31,34,39,42H,1-4,11-12,22-25H2,(H,41,43)(H,44,45)(H,46,47). The van der Waals surface area contributed by atoms with Gasteiger partial charge in [-0.05, 0) is 52.8 Å². The molecule has 0 spiro atoms. The van der Waals surface area contributed by atoms with Crippen molar-refractivity contribution in [2.24, 2.45) is 0 Å². The Morgan fingerprint density at radius 1 is 0.820 bits per heavy atom. The van der Waals surface area contributed by atoms with Crippen LogP contribution in [0.5, 0.6) is 0 Å². The zero-order chi connectivity index (χ0) is 35.3. The number of carboxylic acids is 2. The number of aromatic nitrogens is 1. The quantitative estimate of drug-likeness (QED) is 0.0651. The van der Waals surface area contributed by atoms with Crippen molar-refractivity contribution in [3.8, 4) is 11.1 Å². The average Bonchev–Trinajstić information content (AvgIpc) is 3.14. The molecule has 262 valence electrons. The molecular formula is C39H42N2O8S. The number of carboxylic acid groups (broad SMARTS) is 2. The van der Waals surface area contributed by atoms with E-state index in [1.54, 1.807) is 18.3 Å². The first-order valence-corrected chi connectivity index (χ1v) is 17.8. The first-order chi connectivity index (χ1) is 24.3. The summed E-state index contributed by atoms with van der Waals surface area (Å²) in [7, 11) is 0. The van der Waals surface area contributed by atoms with Gasteiger partial charge in [0.25, 0.3) is 0 Å². The molecular weight excluding hydrogens is 657 g/mol. The molecule has 3 unspecified atom stereocenters. The van der Waals surface area contributed by atoms with Crippen LogP contribution in [0.2, 0.25) is 0 Å². The molecule has 1 aliphatic heterocycles. The van der Waals surface area contributed by atoms with Gasteiger partial charge in [-0.15, -0.1) is 11.8 Å². The number of aliphatic carboxylic acids is 1. The van der Waals surface area contributed by atoms with E-state index < -0.39 is 18.2 Å². The number of aromatic carboxylic acids is 1. The zero-order valence-corrected chi connectivity index (χ0v) is 28.5. The summed E-state index contributed by atoms with van der Waals surface area (Å²) in [5.74, 6) is -1.37. The molecule has 2 heterocycles. The summed E-state index contributed by atoms with van der Waals surface area (Å²) < 4.78 is 13.0. The van der Waals surface area contributed by atoms with Gasteiger partial charge >= 0.3 is 11.9 Å². The molecule has 0 bridgehead atoms. The molecule has 1 aliphatic rings. The lowest BCUT2D eigenvalue weighted by Gasteiger charge is -2.36. The Bertz CT molecular complexity index is 1730. The fraction of sp³-hybridized carbons (Fsp3) is 0.333. The number of nitrogens with zero attached hydrogens (tertiary/aromatic N) is 1. The van der Waals surface area contributed by atoms with Crippen molar-refractivity contribution in [3.05, 3.63) is 119 Å². The number of aliphatic hydroxyl groups is 1. The first kappa shape index (κ1) is 36.7. The second-order valence-electron chi connectivity index (χ2n) is 12.2. The van der Waals surface area contributed by atoms with Crippen molar-refractivity contribution in [1.82, 2.24) is 10.3 Å². The molecule has 10 nitrogen and oxygen atoms in total. The smallest absolute Gasteiger partial charge is 0.338 e. The van der Waals surface area contributed by atoms with Gasteiger partial charge in [-0.1, -0.05) is 85.6 Å². The Morgan fingerprint density at radius 3 is 2.26 bits per heavy atom. The van der Waals surface area contributed by atoms with Gasteiger partial charge in [-0.25, -0.2) is 9.78 Å². The second-order valence-corrected chi connectivity index (χ2v) is 13.2. The highest BCUT2D eigenvalue weighted by Gasteiger charge is 2.32. The molecule has 0 saturated carbocycles. The van der Waals surface area contributed by atoms with Gasteiger partial charge in [0.15, 0.2) is 6.29 Å². The number of rotatable bonds is 17. The monoisotopic (exact) mass is 698 g/mol. The van der Waals surface area contributed by atoms with Crippen LogP contribution < -0.4 is 5.32 Å². The van der Waals surface area contributed by atoms with Crippen LogP contribution in [0.15, 0.2) is 96.2 Å². The van der Waals surface area contributed by atoms with Crippen LogP contribution in [0.4, 0.5) is 0 Å². The van der Waals surface area contributed by atoms with E-state index in [1.807, 2.05) is 72.8 Å². The Labute approximate surface area is 295 Å². The number of carbonyl (C=O) groups excluding carboxylic acids is 1. The number of nitrogens with one attached hydrogen (secondary N) is 1. The first-order valence-electron chi connectivity index (χ1n) is 16.8. The van der Waals surface area contributed by atoms with Crippen LogP contribution in [0.25, 0.3) is 11.1 Å². The predicted octanol–water partition coefficient (Wildman–Crippen LogP) is 7.32. The summed E-state index contributed by atoms with van der Waals surface area (Å²) in [4.78, 5) is 39.2. The second kappa shape index (κ2) is 18.4. The molecule has 4 N–H and O–H groups in total. The highest BCUT2D eigenvalue weighted by Crippen LogP contribution is 2.40. The van der Waals surface area contributed by atoms with E-state index in [-0.39, 0.29) is 36.7 Å². The maximum Gasteiger partial charge on any atom is 0.338 e. The van der Waals surface area contributed by atoms with Crippen LogP contribution in [0.3, 0.4) is 0 Å². The number of thioether (sulfide) groups is 1. The van der Waals surface area contributed by atoms with Crippen LogP contribution in [0, 0.1) is 0 Å². The number of ether oxygens (including phenoxy) is 2. The van der Waals surface area contributed by atoms with Crippen LogP contribution in [-0.4, -0.2) is 50.0 Å². The highest BCUT2D eigenvalue weighted by atomic mass is 32.2. The van der Waals surface area contributed by atoms with E-state index in [2.05, 4.69) is 10.3 Å². The van der Waals surface area contributed by atoms with E-state index >= 15 is 0 Å². The minimum Gasteiger partial charge on any atom is -0.481 e. The third-order valence-electron chi connectivity index (χ3n) is 8.55. The van der Waals surface area contributed by atoms with Crippen LogP contribution >= 0.6 is 11.8 Å². The fourth-order valence-corrected chi connectivity index (χ4v) is 6.84. The molecule has 0 radical (unpaired) electrons. The topological polar surface area (TPSA) is 155 Å². The summed E-state index contributed by atoms with van der Waals surface area (Å²) >= 11 is 1.34. The lowest BCUT2D eigenvalue weighted by Crippen LogP contribution is -2.31. The van der Waals surface area contributed by atoms with Gasteiger partial charge in [-0.3, -0.25) is 9.59 Å². The number of unbranched alkanes of at least 4 members (excludes halogenated alkanes) is 3. The summed E-state index contributed by atoms with van der Waals surface area (Å²) in [6.45, 7) is 0.340. The summed E-state index contributed by atoms with van der Waals surface area (Å²) in [5, 5.41) is 31.4. The normalized spacial score (nSPS) is 17.3. The van der Waals surface area contributed by atoms with Gasteiger partial charge in [-0.2, -0.15) is 0 Å². The number of amides is 1. The van der Waals surface area contributed by atoms with Gasteiger partial charge in [0.05, 0.1) is 24.4 Å². The average molecular weight is 699 g/mol. The van der Waals surface area contributed by atoms with Crippen molar-refractivity contribution >= 4 is 29.6 Å². The molecule has 1 fully saturated rings. The number of aliphatic hydroxyl groups excluding tert-OH is 1. The van der Waals surface area contributed by atoms with Crippen molar-refractivity contribution in [3.63, 3.8) is 0 Å². The Balaban J connectivity index is 1.25. The van der Waals surface area contributed by atoms with Gasteiger partial charge < -0.3 is 30.1 Å². The lowest BCUT2D eigenvalue weighted by molar-refractivity contribution is -0.245. The maximum absolute atomic E-state index is 12.5. The molecule has 4 aromatic rings. The molecule has 50 heavy (non-hydrogen) atoms. The van der Waals surface area contributed by atoms with E-state index in [9.17, 15) is 24.6 Å². The van der Waals surface area contributed by atoms with Crippen molar-refractivity contribution < 1.29 is 39.2 Å². The van der Waals surface area contributed by atoms with Crippen molar-refractivity contribution in [2.45, 2.75) is 81.6 Å². The SMILES string of the molecule is O=C(O)CCCCCCC(=O)NCc1ccccc1-c1ccc(C2OC(CSc3ncccc3C(=O)O)CC(c3ccc(CO)cc3)O2)cc1. The van der Waals surface area contributed by atoms with E-state index in [0.29, 0.717) is 36.6 Å². The highest BCUT2D eigenvalue weighted by molar-refractivity contribution is 7.99. The zero-order valence-electron chi connectivity index (χ0n) is 27.7. The third-order valence-corrected chi connectivity index (χ3v) is 9.69. The predicted molar refractivity (Wildman–Crippen MR) is 189 cm³/mol. The molecule has 11 heteroatoms. The van der Waals surface area contributed by atoms with E-state index in [1.165, 1.54) is 11.8 Å². The number of pyridine rings is 1. The van der Waals surface area contributed by atoms with E-state index in [4.69, 9.17) is 14.6 Å². The Hall–Kier alpha value is -4.55. The molecule has 3 aromatic carbocycles. The molecule has 0 aliphatic carbocycles. The summed E-state index contributed by atoms with van der Waals surface area (Å²) in [6, 6.07) is 26.7. The van der Waals surface area contributed by atoms with Crippen molar-refractivity contribution in [2.75, 3.05) is 5.75 Å². The van der Waals surface area contributed by atoms with Crippen LogP contribution in [0.1, 0.15) is 90.0 Å². The van der Waals surface area contributed by atoms with Crippen LogP contribution in [-0.2, 0) is 32.2 Å². The van der Waals surface area contributed by atoms with Gasteiger partial charge in [0, 0.05) is 43.3 Å². The Morgan fingerprint density at radius 2 is 1.54 bits per heavy atom. The Kier molecular flexibility index (Phi) is 13.5. The summed E-state index contributed by atoms with van der Waals surface area (Å²) in [5.41, 5.74) is 5.71. The number of benzene rings is 3. The van der Waals surface area contributed by atoms with Gasteiger partial charge in [0.1, 0.15) is 5.03 Å². The molecule has 1 aromatic heterocycles. The fourth-order valence-electron chi connectivity index (χ4n) is 5.84. The molecule has 1 saturated heterocycles. The maximum atomic E-state index is 12.5. The minimum atomic E-state index is -1.03. The molecule has 5 rings (SSSR count). The van der Waals surface area contributed by atoms with Gasteiger partial charge in [0.2, 0.25) is 5.91 Å². The van der Waals surface area contributed by atoms with Crippen molar-refractivity contribution in [1.29, 1.82) is 0 Å². The number of carbonyl (C=O) groups is 3. The third kappa shape index (κ3) is 10.5. The molecule has 3 atom stereocenters.